The molecule has 2 N–H and O–H groups in total. The molecule has 0 saturated carbocycles. The van der Waals surface area contributed by atoms with Crippen molar-refractivity contribution in [1.29, 1.82) is 0 Å². The maximum Gasteiger partial charge on any atom is 0.0947 e. The molecule has 2 aromatic rings. The summed E-state index contributed by atoms with van der Waals surface area (Å²) >= 11 is 0. The van der Waals surface area contributed by atoms with Crippen molar-refractivity contribution in [2.45, 2.75) is 12.5 Å². The van der Waals surface area contributed by atoms with E-state index in [4.69, 9.17) is 10.5 Å². The van der Waals surface area contributed by atoms with E-state index < -0.39 is 0 Å². The molecule has 1 heterocycles. The number of aromatic nitrogens is 1. The molecular weight excluding hydrogens is 224 g/mol. The Kier molecular flexibility index (Phi) is 4.88. The molecule has 0 aliphatic carbocycles. The quantitative estimate of drug-likeness (QED) is 0.845. The van der Waals surface area contributed by atoms with Crippen molar-refractivity contribution in [3.63, 3.8) is 0 Å². The van der Waals surface area contributed by atoms with E-state index in [1.54, 1.807) is 6.20 Å². The predicted molar refractivity (Wildman–Crippen MR) is 72.1 cm³/mol. The predicted octanol–water partition coefficient (Wildman–Crippen LogP) is 2.34. The zero-order chi connectivity index (χ0) is 12.6. The summed E-state index contributed by atoms with van der Waals surface area (Å²) in [7, 11) is 0. The fourth-order valence-electron chi connectivity index (χ4n) is 1.82. The molecule has 18 heavy (non-hydrogen) atoms. The highest BCUT2D eigenvalue weighted by molar-refractivity contribution is 5.17. The third kappa shape index (κ3) is 3.65. The van der Waals surface area contributed by atoms with E-state index in [2.05, 4.69) is 4.98 Å². The molecule has 1 aromatic carbocycles. The summed E-state index contributed by atoms with van der Waals surface area (Å²) in [5.74, 6) is 0. The van der Waals surface area contributed by atoms with Crippen molar-refractivity contribution in [3.05, 3.63) is 66.0 Å². The summed E-state index contributed by atoms with van der Waals surface area (Å²) < 4.78 is 5.82. The lowest BCUT2D eigenvalue weighted by molar-refractivity contribution is 0.0605. The molecule has 3 nitrogen and oxygen atoms in total. The van der Waals surface area contributed by atoms with Gasteiger partial charge < -0.3 is 10.5 Å². The van der Waals surface area contributed by atoms with Crippen LogP contribution in [0.1, 0.15) is 17.4 Å². The third-order valence-corrected chi connectivity index (χ3v) is 2.79. The second-order valence-electron chi connectivity index (χ2n) is 4.08. The SMILES string of the molecule is NCC(OCCc1ccccn1)c1ccccc1. The summed E-state index contributed by atoms with van der Waals surface area (Å²) in [6.45, 7) is 1.13. The van der Waals surface area contributed by atoms with Gasteiger partial charge >= 0.3 is 0 Å². The van der Waals surface area contributed by atoms with E-state index in [1.807, 2.05) is 48.5 Å². The molecule has 2 rings (SSSR count). The van der Waals surface area contributed by atoms with Crippen LogP contribution in [0.2, 0.25) is 0 Å². The first-order valence-electron chi connectivity index (χ1n) is 6.16. The molecule has 0 saturated heterocycles. The Hall–Kier alpha value is -1.71. The fourth-order valence-corrected chi connectivity index (χ4v) is 1.82. The molecule has 1 unspecified atom stereocenters. The van der Waals surface area contributed by atoms with Crippen molar-refractivity contribution in [2.75, 3.05) is 13.2 Å². The van der Waals surface area contributed by atoms with Crippen LogP contribution in [0.25, 0.3) is 0 Å². The fraction of sp³-hybridized carbons (Fsp3) is 0.267. The van der Waals surface area contributed by atoms with Crippen molar-refractivity contribution in [2.24, 2.45) is 5.73 Å². The molecule has 94 valence electrons. The Morgan fingerprint density at radius 3 is 2.50 bits per heavy atom. The Labute approximate surface area is 108 Å². The molecule has 3 heteroatoms. The molecular formula is C15H18N2O. The van der Waals surface area contributed by atoms with Crippen molar-refractivity contribution < 1.29 is 4.74 Å². The largest absolute Gasteiger partial charge is 0.372 e. The first-order valence-corrected chi connectivity index (χ1v) is 6.16. The van der Waals surface area contributed by atoms with Crippen LogP contribution in [-0.2, 0) is 11.2 Å². The van der Waals surface area contributed by atoms with Gasteiger partial charge in [0.15, 0.2) is 0 Å². The minimum Gasteiger partial charge on any atom is -0.372 e. The second kappa shape index (κ2) is 6.89. The highest BCUT2D eigenvalue weighted by atomic mass is 16.5. The van der Waals surface area contributed by atoms with Gasteiger partial charge in [-0.15, -0.1) is 0 Å². The first kappa shape index (κ1) is 12.7. The van der Waals surface area contributed by atoms with Gasteiger partial charge in [-0.1, -0.05) is 36.4 Å². The molecule has 1 atom stereocenters. The van der Waals surface area contributed by atoms with Gasteiger partial charge in [-0.3, -0.25) is 4.98 Å². The summed E-state index contributed by atoms with van der Waals surface area (Å²) in [6.07, 6.45) is 2.58. The first-order chi connectivity index (χ1) is 8.90. The molecule has 0 aliphatic rings. The standard InChI is InChI=1S/C15H18N2O/c16-12-15(13-6-2-1-3-7-13)18-11-9-14-8-4-5-10-17-14/h1-8,10,15H,9,11-12,16H2. The molecule has 0 amide bonds. The van der Waals surface area contributed by atoms with Gasteiger partial charge in [0.2, 0.25) is 0 Å². The van der Waals surface area contributed by atoms with E-state index in [0.717, 1.165) is 17.7 Å². The summed E-state index contributed by atoms with van der Waals surface area (Å²) in [5.41, 5.74) is 7.91. The summed E-state index contributed by atoms with van der Waals surface area (Å²) in [4.78, 5) is 4.26. The zero-order valence-corrected chi connectivity index (χ0v) is 10.3. The van der Waals surface area contributed by atoms with E-state index >= 15 is 0 Å². The van der Waals surface area contributed by atoms with Crippen LogP contribution in [0, 0.1) is 0 Å². The normalized spacial score (nSPS) is 12.3. The molecule has 1 aromatic heterocycles. The third-order valence-electron chi connectivity index (χ3n) is 2.79. The van der Waals surface area contributed by atoms with Crippen LogP contribution in [0.3, 0.4) is 0 Å². The van der Waals surface area contributed by atoms with Crippen LogP contribution >= 0.6 is 0 Å². The van der Waals surface area contributed by atoms with Gasteiger partial charge in [-0.05, 0) is 17.7 Å². The van der Waals surface area contributed by atoms with Crippen LogP contribution in [0.15, 0.2) is 54.7 Å². The van der Waals surface area contributed by atoms with Crippen LogP contribution in [0.4, 0.5) is 0 Å². The molecule has 0 spiro atoms. The van der Waals surface area contributed by atoms with Crippen molar-refractivity contribution >= 4 is 0 Å². The lowest BCUT2D eigenvalue weighted by Gasteiger charge is -2.16. The zero-order valence-electron chi connectivity index (χ0n) is 10.3. The van der Waals surface area contributed by atoms with E-state index in [0.29, 0.717) is 13.2 Å². The Morgan fingerprint density at radius 1 is 1.06 bits per heavy atom. The number of hydrogen-bond donors (Lipinski definition) is 1. The molecule has 0 fully saturated rings. The van der Waals surface area contributed by atoms with Gasteiger partial charge in [0.05, 0.1) is 12.7 Å². The number of rotatable bonds is 6. The molecule has 0 aliphatic heterocycles. The van der Waals surface area contributed by atoms with Gasteiger partial charge in [0.25, 0.3) is 0 Å². The Balaban J connectivity index is 1.85. The van der Waals surface area contributed by atoms with Crippen molar-refractivity contribution in [3.8, 4) is 0 Å². The summed E-state index contributed by atoms with van der Waals surface area (Å²) in [6, 6.07) is 16.0. The highest BCUT2D eigenvalue weighted by Gasteiger charge is 2.09. The topological polar surface area (TPSA) is 48.1 Å². The number of benzene rings is 1. The lowest BCUT2D eigenvalue weighted by Crippen LogP contribution is -2.17. The lowest BCUT2D eigenvalue weighted by atomic mass is 10.1. The Bertz CT molecular complexity index is 445. The van der Waals surface area contributed by atoms with Gasteiger partial charge in [-0.2, -0.15) is 0 Å². The van der Waals surface area contributed by atoms with Crippen molar-refractivity contribution in [1.82, 2.24) is 4.98 Å². The monoisotopic (exact) mass is 242 g/mol. The van der Waals surface area contributed by atoms with Gasteiger partial charge in [0, 0.05) is 24.9 Å². The van der Waals surface area contributed by atoms with E-state index in [9.17, 15) is 0 Å². The number of ether oxygens (including phenoxy) is 1. The minimum absolute atomic E-state index is 0.0325. The average molecular weight is 242 g/mol. The number of nitrogens with zero attached hydrogens (tertiary/aromatic N) is 1. The van der Waals surface area contributed by atoms with Gasteiger partial charge in [0.1, 0.15) is 0 Å². The molecule has 0 radical (unpaired) electrons. The maximum atomic E-state index is 5.82. The smallest absolute Gasteiger partial charge is 0.0947 e. The van der Waals surface area contributed by atoms with Gasteiger partial charge in [-0.25, -0.2) is 0 Å². The number of nitrogens with two attached hydrogens (primary N) is 1. The van der Waals surface area contributed by atoms with E-state index in [1.165, 1.54) is 0 Å². The Morgan fingerprint density at radius 2 is 1.83 bits per heavy atom. The average Bonchev–Trinajstić information content (AvgIpc) is 2.46. The van der Waals surface area contributed by atoms with Crippen LogP contribution in [0.5, 0.6) is 0 Å². The minimum atomic E-state index is -0.0325. The van der Waals surface area contributed by atoms with E-state index in [-0.39, 0.29) is 6.10 Å². The number of hydrogen-bond acceptors (Lipinski definition) is 3. The summed E-state index contributed by atoms with van der Waals surface area (Å²) in [5, 5.41) is 0. The maximum absolute atomic E-state index is 5.82. The van der Waals surface area contributed by atoms with Crippen LogP contribution in [-0.4, -0.2) is 18.1 Å². The number of pyridine rings is 1. The highest BCUT2D eigenvalue weighted by Crippen LogP contribution is 2.15. The van der Waals surface area contributed by atoms with Crippen LogP contribution < -0.4 is 5.73 Å². The second-order valence-corrected chi connectivity index (χ2v) is 4.08. The molecule has 0 bridgehead atoms.